The lowest BCUT2D eigenvalue weighted by atomic mass is 10.1. The van der Waals surface area contributed by atoms with Crippen molar-refractivity contribution in [2.45, 2.75) is 12.8 Å². The maximum atomic E-state index is 11.9. The van der Waals surface area contributed by atoms with Crippen LogP contribution in [0.25, 0.3) is 0 Å². The predicted molar refractivity (Wildman–Crippen MR) is 74.9 cm³/mol. The molecule has 0 saturated carbocycles. The van der Waals surface area contributed by atoms with Crippen LogP contribution in [0, 0.1) is 17.2 Å². The van der Waals surface area contributed by atoms with E-state index < -0.39 is 9.84 Å². The van der Waals surface area contributed by atoms with Crippen LogP contribution < -0.4 is 5.32 Å². The molecule has 0 aliphatic carbocycles. The summed E-state index contributed by atoms with van der Waals surface area (Å²) in [6.45, 7) is 0.454. The summed E-state index contributed by atoms with van der Waals surface area (Å²) in [5.41, 5.74) is 0.891. The van der Waals surface area contributed by atoms with Crippen molar-refractivity contribution >= 4 is 15.7 Å². The highest BCUT2D eigenvalue weighted by Crippen LogP contribution is 2.20. The Hall–Kier alpha value is -1.87. The third-order valence-electron chi connectivity index (χ3n) is 3.42. The lowest BCUT2D eigenvalue weighted by molar-refractivity contribution is 0.0951. The number of amides is 1. The molecule has 20 heavy (non-hydrogen) atoms. The van der Waals surface area contributed by atoms with E-state index in [1.807, 2.05) is 6.07 Å². The Morgan fingerprint density at radius 3 is 2.90 bits per heavy atom. The maximum Gasteiger partial charge on any atom is 0.251 e. The second-order valence-electron chi connectivity index (χ2n) is 5.01. The maximum absolute atomic E-state index is 11.9. The zero-order valence-electron chi connectivity index (χ0n) is 11.0. The number of sulfone groups is 1. The Morgan fingerprint density at radius 1 is 1.45 bits per heavy atom. The van der Waals surface area contributed by atoms with Gasteiger partial charge in [0.25, 0.3) is 5.91 Å². The van der Waals surface area contributed by atoms with Crippen LogP contribution in [-0.2, 0) is 9.84 Å². The van der Waals surface area contributed by atoms with E-state index in [0.717, 1.165) is 0 Å². The molecule has 106 valence electrons. The zero-order chi connectivity index (χ0) is 14.6. The minimum Gasteiger partial charge on any atom is -0.352 e. The minimum absolute atomic E-state index is 0.144. The van der Waals surface area contributed by atoms with Crippen molar-refractivity contribution < 1.29 is 13.2 Å². The second-order valence-corrected chi connectivity index (χ2v) is 7.23. The lowest BCUT2D eigenvalue weighted by Crippen LogP contribution is -2.26. The highest BCUT2D eigenvalue weighted by molar-refractivity contribution is 7.91. The van der Waals surface area contributed by atoms with Gasteiger partial charge < -0.3 is 5.32 Å². The Labute approximate surface area is 118 Å². The monoisotopic (exact) mass is 292 g/mol. The molecular formula is C14H16N2O3S. The molecule has 1 atom stereocenters. The Kier molecular flexibility index (Phi) is 4.40. The molecule has 1 amide bonds. The van der Waals surface area contributed by atoms with E-state index in [1.165, 1.54) is 6.07 Å². The van der Waals surface area contributed by atoms with E-state index in [0.29, 0.717) is 30.5 Å². The average Bonchev–Trinajstić information content (AvgIpc) is 2.78. The molecule has 0 radical (unpaired) electrons. The standard InChI is InChI=1S/C14H16N2O3S/c15-9-12-2-1-3-13(8-12)14(17)16-6-4-11-5-7-20(18,19)10-11/h1-3,8,11H,4-7,10H2,(H,16,17). The smallest absolute Gasteiger partial charge is 0.251 e. The first-order chi connectivity index (χ1) is 9.50. The molecule has 1 heterocycles. The van der Waals surface area contributed by atoms with Crippen LogP contribution in [0.4, 0.5) is 0 Å². The predicted octanol–water partition coefficient (Wildman–Crippen LogP) is 1.11. The quantitative estimate of drug-likeness (QED) is 0.900. The van der Waals surface area contributed by atoms with Gasteiger partial charge in [0, 0.05) is 12.1 Å². The van der Waals surface area contributed by atoms with Gasteiger partial charge >= 0.3 is 0 Å². The highest BCUT2D eigenvalue weighted by atomic mass is 32.2. The fraction of sp³-hybridized carbons (Fsp3) is 0.429. The number of hydrogen-bond acceptors (Lipinski definition) is 4. The Morgan fingerprint density at radius 2 is 2.25 bits per heavy atom. The molecule has 1 aromatic rings. The Balaban J connectivity index is 1.82. The summed E-state index contributed by atoms with van der Waals surface area (Å²) >= 11 is 0. The largest absolute Gasteiger partial charge is 0.352 e. The van der Waals surface area contributed by atoms with Gasteiger partial charge in [-0.15, -0.1) is 0 Å². The molecule has 2 rings (SSSR count). The number of benzene rings is 1. The molecule has 1 unspecified atom stereocenters. The van der Waals surface area contributed by atoms with Gasteiger partial charge in [0.15, 0.2) is 9.84 Å². The van der Waals surface area contributed by atoms with E-state index in [1.54, 1.807) is 18.2 Å². The van der Waals surface area contributed by atoms with Crippen LogP contribution >= 0.6 is 0 Å². The number of rotatable bonds is 4. The van der Waals surface area contributed by atoms with Crippen molar-refractivity contribution in [3.05, 3.63) is 35.4 Å². The van der Waals surface area contributed by atoms with Gasteiger partial charge in [-0.25, -0.2) is 8.42 Å². The molecule has 1 aromatic carbocycles. The zero-order valence-corrected chi connectivity index (χ0v) is 11.8. The SMILES string of the molecule is N#Cc1cccc(C(=O)NCCC2CCS(=O)(=O)C2)c1. The number of nitriles is 1. The molecule has 1 saturated heterocycles. The van der Waals surface area contributed by atoms with Crippen molar-refractivity contribution in [1.29, 1.82) is 5.26 Å². The van der Waals surface area contributed by atoms with Crippen molar-refractivity contribution in [1.82, 2.24) is 5.32 Å². The summed E-state index contributed by atoms with van der Waals surface area (Å²) in [4.78, 5) is 11.9. The van der Waals surface area contributed by atoms with Crippen LogP contribution in [0.3, 0.4) is 0 Å². The van der Waals surface area contributed by atoms with E-state index in [9.17, 15) is 13.2 Å². The van der Waals surface area contributed by atoms with Gasteiger partial charge in [-0.2, -0.15) is 5.26 Å². The third-order valence-corrected chi connectivity index (χ3v) is 5.26. The summed E-state index contributed by atoms with van der Waals surface area (Å²) in [6, 6.07) is 8.47. The number of carbonyl (C=O) groups excluding carboxylic acids is 1. The van der Waals surface area contributed by atoms with Crippen molar-refractivity contribution in [2.24, 2.45) is 5.92 Å². The Bertz CT molecular complexity index is 647. The van der Waals surface area contributed by atoms with Crippen molar-refractivity contribution in [2.75, 3.05) is 18.1 Å². The van der Waals surface area contributed by atoms with Crippen LogP contribution in [0.2, 0.25) is 0 Å². The first-order valence-electron chi connectivity index (χ1n) is 6.49. The number of nitrogens with zero attached hydrogens (tertiary/aromatic N) is 1. The molecule has 1 aliphatic rings. The average molecular weight is 292 g/mol. The van der Waals surface area contributed by atoms with Gasteiger partial charge in [-0.05, 0) is 37.0 Å². The first kappa shape index (κ1) is 14.5. The molecule has 0 bridgehead atoms. The number of hydrogen-bond donors (Lipinski definition) is 1. The second kappa shape index (κ2) is 6.06. The van der Waals surface area contributed by atoms with Crippen molar-refractivity contribution in [3.63, 3.8) is 0 Å². The minimum atomic E-state index is -2.86. The molecule has 6 heteroatoms. The van der Waals surface area contributed by atoms with Gasteiger partial charge in [0.1, 0.15) is 0 Å². The summed E-state index contributed by atoms with van der Waals surface area (Å²) < 4.78 is 22.6. The number of nitrogens with one attached hydrogen (secondary N) is 1. The molecule has 1 fully saturated rings. The summed E-state index contributed by atoms with van der Waals surface area (Å²) in [5, 5.41) is 11.5. The third kappa shape index (κ3) is 3.81. The molecule has 1 aliphatic heterocycles. The molecule has 0 spiro atoms. The topological polar surface area (TPSA) is 87.0 Å². The molecule has 1 N–H and O–H groups in total. The summed E-state index contributed by atoms with van der Waals surface area (Å²) in [7, 11) is -2.86. The van der Waals surface area contributed by atoms with E-state index in [4.69, 9.17) is 5.26 Å². The van der Waals surface area contributed by atoms with Crippen molar-refractivity contribution in [3.8, 4) is 6.07 Å². The normalized spacial score (nSPS) is 20.2. The van der Waals surface area contributed by atoms with E-state index in [-0.39, 0.29) is 23.3 Å². The van der Waals surface area contributed by atoms with E-state index in [2.05, 4.69) is 5.32 Å². The van der Waals surface area contributed by atoms with Gasteiger partial charge in [0.2, 0.25) is 0 Å². The van der Waals surface area contributed by atoms with Crippen LogP contribution in [0.15, 0.2) is 24.3 Å². The van der Waals surface area contributed by atoms with Gasteiger partial charge in [0.05, 0.1) is 23.1 Å². The first-order valence-corrected chi connectivity index (χ1v) is 8.31. The van der Waals surface area contributed by atoms with Crippen LogP contribution in [-0.4, -0.2) is 32.4 Å². The molecule has 5 nitrogen and oxygen atoms in total. The van der Waals surface area contributed by atoms with Gasteiger partial charge in [-0.3, -0.25) is 4.79 Å². The fourth-order valence-corrected chi connectivity index (χ4v) is 4.23. The molecule has 0 aromatic heterocycles. The summed E-state index contributed by atoms with van der Waals surface area (Å²) in [6.07, 6.45) is 1.35. The molecular weight excluding hydrogens is 276 g/mol. The lowest BCUT2D eigenvalue weighted by Gasteiger charge is -2.09. The summed E-state index contributed by atoms with van der Waals surface area (Å²) in [5.74, 6) is 0.400. The number of carbonyl (C=O) groups is 1. The van der Waals surface area contributed by atoms with Gasteiger partial charge in [-0.1, -0.05) is 6.07 Å². The highest BCUT2D eigenvalue weighted by Gasteiger charge is 2.27. The fourth-order valence-electron chi connectivity index (χ4n) is 2.32. The van der Waals surface area contributed by atoms with Crippen LogP contribution in [0.5, 0.6) is 0 Å². The van der Waals surface area contributed by atoms with E-state index >= 15 is 0 Å². The van der Waals surface area contributed by atoms with Crippen LogP contribution in [0.1, 0.15) is 28.8 Å².